The van der Waals surface area contributed by atoms with Gasteiger partial charge in [-0.1, -0.05) is 0 Å². The summed E-state index contributed by atoms with van der Waals surface area (Å²) < 4.78 is 36.7. The number of alkyl halides is 3. The van der Waals surface area contributed by atoms with Crippen LogP contribution in [0.3, 0.4) is 0 Å². The molecule has 7 heteroatoms. The average molecular weight is 230 g/mol. The van der Waals surface area contributed by atoms with E-state index in [-0.39, 0.29) is 12.4 Å². The highest BCUT2D eigenvalue weighted by atomic mass is 19.4. The van der Waals surface area contributed by atoms with E-state index >= 15 is 0 Å². The Bertz CT molecular complexity index is 411. The van der Waals surface area contributed by atoms with Crippen molar-refractivity contribution in [1.29, 1.82) is 5.41 Å². The molecule has 0 fully saturated rings. The number of hydrogen-bond acceptors (Lipinski definition) is 4. The first-order chi connectivity index (χ1) is 7.39. The van der Waals surface area contributed by atoms with E-state index in [1.807, 2.05) is 0 Å². The van der Waals surface area contributed by atoms with Crippen LogP contribution in [0.4, 0.5) is 19.1 Å². The summed E-state index contributed by atoms with van der Waals surface area (Å²) in [6.45, 7) is 1.57. The summed E-state index contributed by atoms with van der Waals surface area (Å²) in [5.74, 6) is -0.254. The quantitative estimate of drug-likeness (QED) is 0.811. The van der Waals surface area contributed by atoms with Crippen LogP contribution in [0, 0.1) is 5.41 Å². The Balaban J connectivity index is 2.83. The lowest BCUT2D eigenvalue weighted by Gasteiger charge is -2.04. The maximum absolute atomic E-state index is 12.2. The number of nitrogens with zero attached hydrogens (tertiary/aromatic N) is 3. The Labute approximate surface area is 89.8 Å². The van der Waals surface area contributed by atoms with E-state index in [2.05, 4.69) is 15.0 Å². The summed E-state index contributed by atoms with van der Waals surface area (Å²) in [6, 6.07) is 0.779. The third kappa shape index (κ3) is 3.76. The molecule has 1 rings (SSSR count). The molecule has 0 atom stereocenters. The molecule has 1 heterocycles. The first-order valence-electron chi connectivity index (χ1n) is 4.36. The Morgan fingerprint density at radius 3 is 2.81 bits per heavy atom. The van der Waals surface area contributed by atoms with Crippen molar-refractivity contribution in [3.8, 4) is 0 Å². The summed E-state index contributed by atoms with van der Waals surface area (Å²) in [7, 11) is 0. The van der Waals surface area contributed by atoms with Gasteiger partial charge in [-0.3, -0.25) is 0 Å². The van der Waals surface area contributed by atoms with Gasteiger partial charge in [0, 0.05) is 24.5 Å². The van der Waals surface area contributed by atoms with E-state index < -0.39 is 11.9 Å². The molecular formula is C9H9F3N4. The lowest BCUT2D eigenvalue weighted by atomic mass is 10.3. The molecule has 1 aromatic rings. The van der Waals surface area contributed by atoms with E-state index in [0.717, 1.165) is 12.3 Å². The molecule has 0 aromatic carbocycles. The van der Waals surface area contributed by atoms with Crippen molar-refractivity contribution in [3.05, 3.63) is 18.0 Å². The fourth-order valence-electron chi connectivity index (χ4n) is 0.833. The van der Waals surface area contributed by atoms with Crippen LogP contribution in [0.25, 0.3) is 0 Å². The third-order valence-electron chi connectivity index (χ3n) is 1.54. The molecular weight excluding hydrogens is 221 g/mol. The summed E-state index contributed by atoms with van der Waals surface area (Å²) in [5.41, 5.74) is -0.669. The van der Waals surface area contributed by atoms with Crippen molar-refractivity contribution >= 4 is 17.9 Å². The molecule has 86 valence electrons. The molecule has 0 saturated carbocycles. The predicted molar refractivity (Wildman–Crippen MR) is 53.2 cm³/mol. The summed E-state index contributed by atoms with van der Waals surface area (Å²) in [5, 5.41) is 7.09. The van der Waals surface area contributed by atoms with Crippen LogP contribution >= 0.6 is 0 Å². The number of halogens is 3. The Kier molecular flexibility index (Phi) is 3.70. The highest BCUT2D eigenvalue weighted by Crippen LogP contribution is 2.27. The zero-order chi connectivity index (χ0) is 12.2. The number of aromatic nitrogens is 2. The zero-order valence-electron chi connectivity index (χ0n) is 8.41. The third-order valence-corrected chi connectivity index (χ3v) is 1.54. The van der Waals surface area contributed by atoms with E-state index in [4.69, 9.17) is 5.41 Å². The van der Waals surface area contributed by atoms with Crippen LogP contribution in [-0.2, 0) is 6.18 Å². The van der Waals surface area contributed by atoms with E-state index in [0.29, 0.717) is 5.71 Å². The molecule has 1 aromatic heterocycles. The van der Waals surface area contributed by atoms with Crippen molar-refractivity contribution in [1.82, 2.24) is 9.97 Å². The summed E-state index contributed by atoms with van der Waals surface area (Å²) >= 11 is 0. The Morgan fingerprint density at radius 1 is 1.56 bits per heavy atom. The van der Waals surface area contributed by atoms with Crippen LogP contribution in [0.1, 0.15) is 19.0 Å². The number of hydrogen-bond donors (Lipinski definition) is 1. The SMILES string of the molecule is CC(=N)CC=Nc1nccc(C(F)(F)F)n1. The average Bonchev–Trinajstić information content (AvgIpc) is 2.16. The van der Waals surface area contributed by atoms with Crippen LogP contribution in [0.2, 0.25) is 0 Å². The molecule has 4 nitrogen and oxygen atoms in total. The molecule has 0 spiro atoms. The van der Waals surface area contributed by atoms with Gasteiger partial charge in [-0.15, -0.1) is 0 Å². The van der Waals surface area contributed by atoms with Crippen LogP contribution in [0.5, 0.6) is 0 Å². The topological polar surface area (TPSA) is 62.0 Å². The van der Waals surface area contributed by atoms with Gasteiger partial charge >= 0.3 is 6.18 Å². The molecule has 0 bridgehead atoms. The van der Waals surface area contributed by atoms with Gasteiger partial charge in [0.1, 0.15) is 5.69 Å². The van der Waals surface area contributed by atoms with Gasteiger partial charge in [0.05, 0.1) is 0 Å². The minimum absolute atomic E-state index is 0.254. The van der Waals surface area contributed by atoms with Crippen molar-refractivity contribution in [2.45, 2.75) is 19.5 Å². The van der Waals surface area contributed by atoms with E-state index in [1.54, 1.807) is 6.92 Å². The van der Waals surface area contributed by atoms with E-state index in [1.165, 1.54) is 6.21 Å². The van der Waals surface area contributed by atoms with Gasteiger partial charge in [-0.05, 0) is 13.0 Å². The van der Waals surface area contributed by atoms with Gasteiger partial charge in [0.2, 0.25) is 5.95 Å². The van der Waals surface area contributed by atoms with Gasteiger partial charge < -0.3 is 5.41 Å². The Morgan fingerprint density at radius 2 is 2.25 bits per heavy atom. The lowest BCUT2D eigenvalue weighted by molar-refractivity contribution is -0.141. The Hall–Kier alpha value is -1.79. The zero-order valence-corrected chi connectivity index (χ0v) is 8.41. The van der Waals surface area contributed by atoms with Crippen LogP contribution in [-0.4, -0.2) is 21.9 Å². The highest BCUT2D eigenvalue weighted by molar-refractivity contribution is 5.91. The van der Waals surface area contributed by atoms with Crippen molar-refractivity contribution < 1.29 is 13.2 Å². The summed E-state index contributed by atoms with van der Waals surface area (Å²) in [4.78, 5) is 10.4. The number of nitrogens with one attached hydrogen (secondary N) is 1. The van der Waals surface area contributed by atoms with Gasteiger partial charge in [-0.2, -0.15) is 13.2 Å². The first-order valence-corrected chi connectivity index (χ1v) is 4.36. The fraction of sp³-hybridized carbons (Fsp3) is 0.333. The lowest BCUT2D eigenvalue weighted by Crippen LogP contribution is -2.07. The maximum atomic E-state index is 12.2. The van der Waals surface area contributed by atoms with Gasteiger partial charge in [0.25, 0.3) is 0 Å². The molecule has 0 unspecified atom stereocenters. The van der Waals surface area contributed by atoms with Crippen molar-refractivity contribution in [2.24, 2.45) is 4.99 Å². The molecule has 0 aliphatic rings. The van der Waals surface area contributed by atoms with E-state index in [9.17, 15) is 13.2 Å². The molecule has 1 N–H and O–H groups in total. The van der Waals surface area contributed by atoms with Gasteiger partial charge in [0.15, 0.2) is 0 Å². The van der Waals surface area contributed by atoms with Crippen LogP contribution < -0.4 is 0 Å². The second-order valence-corrected chi connectivity index (χ2v) is 3.04. The minimum atomic E-state index is -4.50. The molecule has 0 aliphatic heterocycles. The standard InChI is InChI=1S/C9H9F3N4/c1-6(13)2-4-14-8-15-5-3-7(16-8)9(10,11)12/h3-5,13H,2H2,1H3. The smallest absolute Gasteiger partial charge is 0.310 e. The second-order valence-electron chi connectivity index (χ2n) is 3.04. The fourth-order valence-corrected chi connectivity index (χ4v) is 0.833. The largest absolute Gasteiger partial charge is 0.433 e. The van der Waals surface area contributed by atoms with Crippen molar-refractivity contribution in [3.63, 3.8) is 0 Å². The van der Waals surface area contributed by atoms with Crippen LogP contribution in [0.15, 0.2) is 17.3 Å². The monoisotopic (exact) mass is 230 g/mol. The molecule has 0 aliphatic carbocycles. The van der Waals surface area contributed by atoms with Gasteiger partial charge in [-0.25, -0.2) is 15.0 Å². The molecule has 0 radical (unpaired) electrons. The molecule has 0 amide bonds. The predicted octanol–water partition coefficient (Wildman–Crippen LogP) is 2.63. The first kappa shape index (κ1) is 12.3. The molecule has 0 saturated heterocycles. The normalized spacial score (nSPS) is 12.0. The second kappa shape index (κ2) is 4.82. The number of rotatable bonds is 3. The maximum Gasteiger partial charge on any atom is 0.433 e. The number of aliphatic imine (C=N–C) groups is 1. The molecule has 16 heavy (non-hydrogen) atoms. The van der Waals surface area contributed by atoms with Crippen molar-refractivity contribution in [2.75, 3.05) is 0 Å². The highest BCUT2D eigenvalue weighted by Gasteiger charge is 2.32. The minimum Gasteiger partial charge on any atom is -0.310 e. The summed E-state index contributed by atoms with van der Waals surface area (Å²) in [6.07, 6.45) is -1.93.